The summed E-state index contributed by atoms with van der Waals surface area (Å²) in [6.07, 6.45) is 0.0878. The highest BCUT2D eigenvalue weighted by Crippen LogP contribution is 2.09. The average Bonchev–Trinajstić information content (AvgIpc) is 2.67. The summed E-state index contributed by atoms with van der Waals surface area (Å²) in [7, 11) is 3.07. The van der Waals surface area contributed by atoms with Crippen LogP contribution in [0.25, 0.3) is 11.2 Å². The van der Waals surface area contributed by atoms with Crippen molar-refractivity contribution in [3.8, 4) is 0 Å². The molecule has 0 aliphatic carbocycles. The highest BCUT2D eigenvalue weighted by Gasteiger charge is 2.17. The van der Waals surface area contributed by atoms with Crippen LogP contribution in [-0.2, 0) is 25.4 Å². The Morgan fingerprint density at radius 2 is 1.95 bits per heavy atom. The molecule has 0 aliphatic heterocycles. The van der Waals surface area contributed by atoms with Crippen LogP contribution in [0, 0.1) is 0 Å². The number of aromatic nitrogens is 4. The lowest BCUT2D eigenvalue weighted by atomic mass is 10.3. The highest BCUT2D eigenvalue weighted by molar-refractivity contribution is 5.73. The second-order valence-corrected chi connectivity index (χ2v) is 4.50. The lowest BCUT2D eigenvalue weighted by Gasteiger charge is -2.07. The third-order valence-electron chi connectivity index (χ3n) is 3.17. The largest absolute Gasteiger partial charge is 0.481 e. The fourth-order valence-corrected chi connectivity index (χ4v) is 2.05. The van der Waals surface area contributed by atoms with Gasteiger partial charge in [0.15, 0.2) is 11.2 Å². The van der Waals surface area contributed by atoms with Crippen LogP contribution in [0.3, 0.4) is 0 Å². The van der Waals surface area contributed by atoms with Gasteiger partial charge < -0.3 is 15.4 Å². The molecule has 0 atom stereocenters. The second kappa shape index (κ2) is 4.83. The van der Waals surface area contributed by atoms with Crippen molar-refractivity contribution < 1.29 is 9.90 Å². The van der Waals surface area contributed by atoms with Crippen molar-refractivity contribution in [3.63, 3.8) is 0 Å². The summed E-state index contributed by atoms with van der Waals surface area (Å²) in [4.78, 5) is 38.9. The Hall–Kier alpha value is -2.58. The zero-order chi connectivity index (χ0) is 15.0. The van der Waals surface area contributed by atoms with Gasteiger partial charge in [-0.2, -0.15) is 4.98 Å². The van der Waals surface area contributed by atoms with Gasteiger partial charge in [-0.3, -0.25) is 18.7 Å². The maximum absolute atomic E-state index is 12.3. The molecule has 0 amide bonds. The van der Waals surface area contributed by atoms with Gasteiger partial charge >= 0.3 is 11.7 Å². The van der Waals surface area contributed by atoms with Crippen LogP contribution in [0.15, 0.2) is 9.59 Å². The minimum atomic E-state index is -0.972. The van der Waals surface area contributed by atoms with Gasteiger partial charge in [0.1, 0.15) is 0 Å². The number of carboxylic acid groups (broad SMARTS) is 1. The van der Waals surface area contributed by atoms with Crippen LogP contribution in [-0.4, -0.2) is 29.8 Å². The van der Waals surface area contributed by atoms with Gasteiger partial charge in [-0.25, -0.2) is 4.79 Å². The molecule has 9 heteroatoms. The first-order valence-electron chi connectivity index (χ1n) is 5.98. The molecule has 20 heavy (non-hydrogen) atoms. The number of hydrogen-bond donors (Lipinski definition) is 2. The van der Waals surface area contributed by atoms with E-state index in [1.165, 1.54) is 16.2 Å². The molecule has 0 fully saturated rings. The maximum Gasteiger partial charge on any atom is 0.332 e. The molecule has 0 saturated heterocycles. The molecule has 2 rings (SSSR count). The summed E-state index contributed by atoms with van der Waals surface area (Å²) in [5.41, 5.74) is 5.03. The Kier molecular flexibility index (Phi) is 3.35. The van der Waals surface area contributed by atoms with E-state index in [0.717, 1.165) is 4.57 Å². The van der Waals surface area contributed by atoms with Crippen molar-refractivity contribution >= 4 is 23.1 Å². The number of nitrogen functional groups attached to an aromatic ring is 1. The Morgan fingerprint density at radius 3 is 2.55 bits per heavy atom. The van der Waals surface area contributed by atoms with Crippen molar-refractivity contribution in [2.45, 2.75) is 19.4 Å². The lowest BCUT2D eigenvalue weighted by Crippen LogP contribution is -2.39. The first-order valence-corrected chi connectivity index (χ1v) is 5.98. The summed E-state index contributed by atoms with van der Waals surface area (Å²) < 4.78 is 3.64. The molecule has 0 spiro atoms. The molecule has 0 saturated carbocycles. The molecule has 2 aromatic rings. The quantitative estimate of drug-likeness (QED) is 0.731. The lowest BCUT2D eigenvalue weighted by molar-refractivity contribution is -0.137. The van der Waals surface area contributed by atoms with E-state index in [0.29, 0.717) is 0 Å². The van der Waals surface area contributed by atoms with Gasteiger partial charge in [-0.15, -0.1) is 0 Å². The number of aryl methyl sites for hydroxylation is 2. The van der Waals surface area contributed by atoms with Crippen molar-refractivity contribution in [3.05, 3.63) is 20.8 Å². The van der Waals surface area contributed by atoms with E-state index in [1.807, 2.05) is 0 Å². The summed E-state index contributed by atoms with van der Waals surface area (Å²) in [5, 5.41) is 8.60. The van der Waals surface area contributed by atoms with Crippen LogP contribution in [0.4, 0.5) is 5.95 Å². The van der Waals surface area contributed by atoms with Crippen LogP contribution in [0.1, 0.15) is 12.8 Å². The Balaban J connectivity index is 2.61. The molecule has 108 valence electrons. The van der Waals surface area contributed by atoms with Crippen LogP contribution in [0.2, 0.25) is 0 Å². The molecule has 0 aliphatic rings. The number of imidazole rings is 1. The minimum Gasteiger partial charge on any atom is -0.481 e. The van der Waals surface area contributed by atoms with Crippen molar-refractivity contribution in [1.82, 2.24) is 18.7 Å². The third-order valence-corrected chi connectivity index (χ3v) is 3.17. The molecule has 2 aromatic heterocycles. The number of nitrogens with zero attached hydrogens (tertiary/aromatic N) is 4. The molecule has 2 heterocycles. The first kappa shape index (κ1) is 13.8. The summed E-state index contributed by atoms with van der Waals surface area (Å²) in [6.45, 7) is 0.0405. The number of carbonyl (C=O) groups is 1. The highest BCUT2D eigenvalue weighted by atomic mass is 16.4. The predicted octanol–water partition coefficient (Wildman–Crippen LogP) is -1.12. The minimum absolute atomic E-state index is 0.0405. The normalized spacial score (nSPS) is 11.1. The van der Waals surface area contributed by atoms with Gasteiger partial charge in [-0.1, -0.05) is 0 Å². The van der Waals surface area contributed by atoms with E-state index in [1.54, 1.807) is 7.05 Å². The Labute approximate surface area is 112 Å². The average molecular weight is 281 g/mol. The molecular weight excluding hydrogens is 266 g/mol. The molecule has 0 unspecified atom stereocenters. The summed E-state index contributed by atoms with van der Waals surface area (Å²) >= 11 is 0. The van der Waals surface area contributed by atoms with Gasteiger partial charge in [-0.05, 0) is 6.42 Å². The van der Waals surface area contributed by atoms with E-state index in [2.05, 4.69) is 4.98 Å². The Morgan fingerprint density at radius 1 is 1.30 bits per heavy atom. The molecule has 0 radical (unpaired) electrons. The topological polar surface area (TPSA) is 125 Å². The van der Waals surface area contributed by atoms with Gasteiger partial charge in [0.2, 0.25) is 5.95 Å². The number of fused-ring (bicyclic) bond motifs is 1. The van der Waals surface area contributed by atoms with Crippen molar-refractivity contribution in [1.29, 1.82) is 0 Å². The number of nitrogens with two attached hydrogens (primary N) is 1. The van der Waals surface area contributed by atoms with Gasteiger partial charge in [0.05, 0.1) is 0 Å². The molecule has 0 aromatic carbocycles. The zero-order valence-electron chi connectivity index (χ0n) is 11.2. The van der Waals surface area contributed by atoms with Crippen LogP contribution in [0.5, 0.6) is 0 Å². The van der Waals surface area contributed by atoms with Crippen LogP contribution >= 0.6 is 0 Å². The van der Waals surface area contributed by atoms with Crippen molar-refractivity contribution in [2.24, 2.45) is 14.1 Å². The van der Waals surface area contributed by atoms with E-state index in [4.69, 9.17) is 10.8 Å². The molecule has 3 N–H and O–H groups in total. The summed E-state index contributed by atoms with van der Waals surface area (Å²) in [6, 6.07) is 0. The maximum atomic E-state index is 12.3. The molecule has 9 nitrogen and oxygen atoms in total. The predicted molar refractivity (Wildman–Crippen MR) is 71.5 cm³/mol. The standard InChI is InChI=1S/C11H15N5O4/c1-14-7-8(13-10(14)12)15(2)11(20)16(9(7)19)5-3-4-6(17)18/h3-5H2,1-2H3,(H2,12,13)(H,17,18). The van der Waals surface area contributed by atoms with E-state index in [-0.39, 0.29) is 36.5 Å². The Bertz CT molecular complexity index is 798. The van der Waals surface area contributed by atoms with Crippen molar-refractivity contribution in [2.75, 3.05) is 5.73 Å². The molecule has 0 bridgehead atoms. The van der Waals surface area contributed by atoms with Crippen LogP contribution < -0.4 is 17.0 Å². The summed E-state index contributed by atoms with van der Waals surface area (Å²) in [5.74, 6) is -0.837. The third kappa shape index (κ3) is 2.06. The fraction of sp³-hybridized carbons (Fsp3) is 0.455. The SMILES string of the molecule is Cn1c(N)nc2c1c(=O)n(CCCC(=O)O)c(=O)n2C. The second-order valence-electron chi connectivity index (χ2n) is 4.50. The number of aliphatic carboxylic acids is 1. The number of anilines is 1. The number of hydrogen-bond acceptors (Lipinski definition) is 5. The zero-order valence-corrected chi connectivity index (χ0v) is 11.2. The fourth-order valence-electron chi connectivity index (χ4n) is 2.05. The smallest absolute Gasteiger partial charge is 0.332 e. The van der Waals surface area contributed by atoms with E-state index < -0.39 is 17.2 Å². The van der Waals surface area contributed by atoms with E-state index >= 15 is 0 Å². The first-order chi connectivity index (χ1) is 9.34. The van der Waals surface area contributed by atoms with E-state index in [9.17, 15) is 14.4 Å². The number of carboxylic acids is 1. The van der Waals surface area contributed by atoms with Gasteiger partial charge in [0, 0.05) is 27.1 Å². The van der Waals surface area contributed by atoms with Gasteiger partial charge in [0.25, 0.3) is 5.56 Å². The monoisotopic (exact) mass is 281 g/mol. The number of rotatable bonds is 4. The molecular formula is C11H15N5O4.